The normalized spacial score (nSPS) is 10.8. The molecule has 106 valence electrons. The zero-order chi connectivity index (χ0) is 15.0. The summed E-state index contributed by atoms with van der Waals surface area (Å²) >= 11 is 0. The number of rotatable bonds is 2. The van der Waals surface area contributed by atoms with Gasteiger partial charge in [-0.25, -0.2) is 13.2 Å². The standard InChI is InChI=1S/C15H10F3N3/c16-11-5-8(6-12(17)15(11)18)21-14-2-1-13(19)10-7-20-4-3-9(10)14/h1-7,21H,19H2. The lowest BCUT2D eigenvalue weighted by Crippen LogP contribution is -1.98. The molecule has 1 aromatic heterocycles. The molecule has 0 bridgehead atoms. The number of anilines is 3. The molecule has 0 radical (unpaired) electrons. The van der Waals surface area contributed by atoms with Crippen LogP contribution >= 0.6 is 0 Å². The van der Waals surface area contributed by atoms with Crippen LogP contribution in [0.5, 0.6) is 0 Å². The molecule has 21 heavy (non-hydrogen) atoms. The second-order valence-electron chi connectivity index (χ2n) is 4.50. The molecule has 0 amide bonds. The average molecular weight is 289 g/mol. The van der Waals surface area contributed by atoms with Crippen molar-refractivity contribution in [3.8, 4) is 0 Å². The van der Waals surface area contributed by atoms with Crippen molar-refractivity contribution in [3.05, 3.63) is 60.2 Å². The Bertz CT molecular complexity index is 811. The van der Waals surface area contributed by atoms with Gasteiger partial charge in [0.25, 0.3) is 0 Å². The number of halogens is 3. The van der Waals surface area contributed by atoms with Crippen molar-refractivity contribution < 1.29 is 13.2 Å². The van der Waals surface area contributed by atoms with Crippen molar-refractivity contribution in [2.45, 2.75) is 0 Å². The van der Waals surface area contributed by atoms with E-state index in [1.54, 1.807) is 30.6 Å². The van der Waals surface area contributed by atoms with Crippen molar-refractivity contribution in [1.29, 1.82) is 0 Å². The maximum Gasteiger partial charge on any atom is 0.194 e. The van der Waals surface area contributed by atoms with Gasteiger partial charge < -0.3 is 11.1 Å². The van der Waals surface area contributed by atoms with Gasteiger partial charge in [-0.3, -0.25) is 4.98 Å². The molecule has 0 spiro atoms. The Morgan fingerprint density at radius 2 is 1.67 bits per heavy atom. The number of benzene rings is 2. The van der Waals surface area contributed by atoms with E-state index in [1.807, 2.05) is 0 Å². The molecule has 0 saturated carbocycles. The summed E-state index contributed by atoms with van der Waals surface area (Å²) in [5, 5.41) is 4.31. The van der Waals surface area contributed by atoms with E-state index in [-0.39, 0.29) is 5.69 Å². The molecule has 3 rings (SSSR count). The van der Waals surface area contributed by atoms with Crippen LogP contribution < -0.4 is 11.1 Å². The van der Waals surface area contributed by atoms with Gasteiger partial charge in [0.2, 0.25) is 0 Å². The molecule has 3 N–H and O–H groups in total. The second kappa shape index (κ2) is 4.97. The SMILES string of the molecule is Nc1ccc(Nc2cc(F)c(F)c(F)c2)c2ccncc12. The average Bonchev–Trinajstić information content (AvgIpc) is 2.48. The summed E-state index contributed by atoms with van der Waals surface area (Å²) in [7, 11) is 0. The first kappa shape index (κ1) is 13.2. The zero-order valence-electron chi connectivity index (χ0n) is 10.7. The second-order valence-corrected chi connectivity index (χ2v) is 4.50. The molecule has 0 atom stereocenters. The molecule has 0 saturated heterocycles. The molecule has 2 aromatic carbocycles. The number of aromatic nitrogens is 1. The van der Waals surface area contributed by atoms with Gasteiger partial charge in [0, 0.05) is 52.4 Å². The Hall–Kier alpha value is -2.76. The Kier molecular flexibility index (Phi) is 3.13. The molecule has 0 aliphatic heterocycles. The van der Waals surface area contributed by atoms with Gasteiger partial charge in [0.05, 0.1) is 0 Å². The highest BCUT2D eigenvalue weighted by Crippen LogP contribution is 2.30. The topological polar surface area (TPSA) is 50.9 Å². The van der Waals surface area contributed by atoms with Crippen LogP contribution in [0.2, 0.25) is 0 Å². The number of nitrogen functional groups attached to an aromatic ring is 1. The van der Waals surface area contributed by atoms with Crippen LogP contribution in [0.25, 0.3) is 10.8 Å². The minimum Gasteiger partial charge on any atom is -0.398 e. The first-order valence-electron chi connectivity index (χ1n) is 6.10. The van der Waals surface area contributed by atoms with Crippen molar-refractivity contribution in [2.24, 2.45) is 0 Å². The minimum absolute atomic E-state index is 0.106. The van der Waals surface area contributed by atoms with Gasteiger partial charge in [0.1, 0.15) is 0 Å². The van der Waals surface area contributed by atoms with Crippen LogP contribution in [0.15, 0.2) is 42.7 Å². The molecule has 0 aliphatic carbocycles. The van der Waals surface area contributed by atoms with Crippen LogP contribution in [-0.4, -0.2) is 4.98 Å². The first-order chi connectivity index (χ1) is 10.1. The zero-order valence-corrected chi connectivity index (χ0v) is 10.7. The van der Waals surface area contributed by atoms with E-state index in [2.05, 4.69) is 10.3 Å². The summed E-state index contributed by atoms with van der Waals surface area (Å²) in [5.74, 6) is -4.00. The maximum absolute atomic E-state index is 13.2. The van der Waals surface area contributed by atoms with Crippen LogP contribution in [0.4, 0.5) is 30.2 Å². The van der Waals surface area contributed by atoms with Crippen molar-refractivity contribution >= 4 is 27.8 Å². The lowest BCUT2D eigenvalue weighted by molar-refractivity contribution is 0.448. The molecule has 6 heteroatoms. The van der Waals surface area contributed by atoms with Gasteiger partial charge in [-0.2, -0.15) is 0 Å². The van der Waals surface area contributed by atoms with E-state index < -0.39 is 17.5 Å². The van der Waals surface area contributed by atoms with Crippen molar-refractivity contribution in [1.82, 2.24) is 4.98 Å². The van der Waals surface area contributed by atoms with E-state index in [4.69, 9.17) is 5.73 Å². The number of hydrogen-bond acceptors (Lipinski definition) is 3. The third kappa shape index (κ3) is 2.35. The minimum atomic E-state index is -1.49. The van der Waals surface area contributed by atoms with Gasteiger partial charge in [-0.1, -0.05) is 0 Å². The van der Waals surface area contributed by atoms with Crippen molar-refractivity contribution in [3.63, 3.8) is 0 Å². The van der Waals surface area contributed by atoms with Gasteiger partial charge >= 0.3 is 0 Å². The third-order valence-corrected chi connectivity index (χ3v) is 3.11. The Labute approximate surface area is 118 Å². The molecule has 1 heterocycles. The number of nitrogens with two attached hydrogens (primary N) is 1. The monoisotopic (exact) mass is 289 g/mol. The van der Waals surface area contributed by atoms with Crippen molar-refractivity contribution in [2.75, 3.05) is 11.1 Å². The third-order valence-electron chi connectivity index (χ3n) is 3.11. The maximum atomic E-state index is 13.2. The lowest BCUT2D eigenvalue weighted by atomic mass is 10.1. The van der Waals surface area contributed by atoms with Crippen LogP contribution in [0.1, 0.15) is 0 Å². The Morgan fingerprint density at radius 1 is 0.952 bits per heavy atom. The quantitative estimate of drug-likeness (QED) is 0.554. The van der Waals surface area contributed by atoms with Crippen LogP contribution in [0, 0.1) is 17.5 Å². The molecule has 0 unspecified atom stereocenters. The fraction of sp³-hybridized carbons (Fsp3) is 0. The highest BCUT2D eigenvalue weighted by molar-refractivity contribution is 6.01. The number of nitrogens with one attached hydrogen (secondary N) is 1. The van der Waals surface area contributed by atoms with Gasteiger partial charge in [-0.05, 0) is 18.2 Å². The molecular formula is C15H10F3N3. The van der Waals surface area contributed by atoms with E-state index in [0.29, 0.717) is 16.8 Å². The number of hydrogen-bond donors (Lipinski definition) is 2. The molecule has 3 nitrogen and oxygen atoms in total. The van der Waals surface area contributed by atoms with Crippen LogP contribution in [-0.2, 0) is 0 Å². The van der Waals surface area contributed by atoms with Gasteiger partial charge in [0.15, 0.2) is 17.5 Å². The summed E-state index contributed by atoms with van der Waals surface area (Å²) in [6.45, 7) is 0. The summed E-state index contributed by atoms with van der Waals surface area (Å²) in [6.07, 6.45) is 3.18. The smallest absolute Gasteiger partial charge is 0.194 e. The molecule has 0 fully saturated rings. The number of pyridine rings is 1. The highest BCUT2D eigenvalue weighted by Gasteiger charge is 2.11. The predicted molar refractivity (Wildman–Crippen MR) is 75.8 cm³/mol. The van der Waals surface area contributed by atoms with E-state index in [1.165, 1.54) is 0 Å². The van der Waals surface area contributed by atoms with E-state index in [9.17, 15) is 13.2 Å². The molecule has 3 aromatic rings. The highest BCUT2D eigenvalue weighted by atomic mass is 19.2. The fourth-order valence-corrected chi connectivity index (χ4v) is 2.10. The summed E-state index contributed by atoms with van der Waals surface area (Å²) in [4.78, 5) is 3.98. The number of fused-ring (bicyclic) bond motifs is 1. The molecule has 0 aliphatic rings. The lowest BCUT2D eigenvalue weighted by Gasteiger charge is -2.11. The Balaban J connectivity index is 2.09. The van der Waals surface area contributed by atoms with Crippen LogP contribution in [0.3, 0.4) is 0 Å². The first-order valence-corrected chi connectivity index (χ1v) is 6.10. The van der Waals surface area contributed by atoms with E-state index >= 15 is 0 Å². The number of nitrogens with zero attached hydrogens (tertiary/aromatic N) is 1. The predicted octanol–water partition coefficient (Wildman–Crippen LogP) is 3.98. The molecular weight excluding hydrogens is 279 g/mol. The summed E-state index contributed by atoms with van der Waals surface area (Å²) < 4.78 is 39.4. The van der Waals surface area contributed by atoms with E-state index in [0.717, 1.165) is 17.5 Å². The van der Waals surface area contributed by atoms with Gasteiger partial charge in [-0.15, -0.1) is 0 Å². The Morgan fingerprint density at radius 3 is 2.38 bits per heavy atom. The summed E-state index contributed by atoms with van der Waals surface area (Å²) in [6, 6.07) is 6.84. The fourth-order valence-electron chi connectivity index (χ4n) is 2.10. The largest absolute Gasteiger partial charge is 0.398 e. The summed E-state index contributed by atoms with van der Waals surface area (Å²) in [5.41, 5.74) is 7.09.